The summed E-state index contributed by atoms with van der Waals surface area (Å²) in [6.45, 7) is -0.123. The molecule has 1 aromatic rings. The highest BCUT2D eigenvalue weighted by molar-refractivity contribution is 7.92. The maximum Gasteiger partial charge on any atom is 0.232 e. The Bertz CT molecular complexity index is 673. The molecular formula is C15H20F2N2O3S. The zero-order valence-electron chi connectivity index (χ0n) is 12.9. The zero-order chi connectivity index (χ0) is 17.0. The third-order valence-corrected chi connectivity index (χ3v) is 5.05. The second-order valence-corrected chi connectivity index (χ2v) is 7.64. The third kappa shape index (κ3) is 4.89. The predicted molar refractivity (Wildman–Crippen MR) is 83.6 cm³/mol. The lowest BCUT2D eigenvalue weighted by molar-refractivity contribution is -0.121. The zero-order valence-corrected chi connectivity index (χ0v) is 13.7. The van der Waals surface area contributed by atoms with Crippen molar-refractivity contribution in [1.82, 2.24) is 5.32 Å². The summed E-state index contributed by atoms with van der Waals surface area (Å²) in [5, 5.41) is 2.86. The molecule has 1 aliphatic rings. The maximum atomic E-state index is 13.3. The second-order valence-electron chi connectivity index (χ2n) is 5.73. The molecule has 0 saturated heterocycles. The van der Waals surface area contributed by atoms with Crippen LogP contribution in [-0.2, 0) is 14.8 Å². The minimum Gasteiger partial charge on any atom is -0.353 e. The van der Waals surface area contributed by atoms with E-state index in [9.17, 15) is 22.0 Å². The van der Waals surface area contributed by atoms with Gasteiger partial charge in [0.25, 0.3) is 0 Å². The van der Waals surface area contributed by atoms with Gasteiger partial charge >= 0.3 is 0 Å². The molecule has 1 aromatic carbocycles. The fraction of sp³-hybridized carbons (Fsp3) is 0.533. The summed E-state index contributed by atoms with van der Waals surface area (Å²) in [5.74, 6) is -2.43. The van der Waals surface area contributed by atoms with Crippen LogP contribution in [0.3, 0.4) is 0 Å². The van der Waals surface area contributed by atoms with Crippen molar-refractivity contribution in [2.45, 2.75) is 38.1 Å². The maximum absolute atomic E-state index is 13.3. The number of amides is 1. The number of anilines is 1. The van der Waals surface area contributed by atoms with Crippen molar-refractivity contribution < 1.29 is 22.0 Å². The van der Waals surface area contributed by atoms with E-state index in [1.54, 1.807) is 0 Å². The summed E-state index contributed by atoms with van der Waals surface area (Å²) >= 11 is 0. The van der Waals surface area contributed by atoms with E-state index < -0.39 is 21.7 Å². The molecule has 0 radical (unpaired) electrons. The first-order valence-electron chi connectivity index (χ1n) is 7.49. The molecule has 0 aromatic heterocycles. The molecule has 0 spiro atoms. The van der Waals surface area contributed by atoms with Gasteiger partial charge in [0.1, 0.15) is 0 Å². The number of benzene rings is 1. The van der Waals surface area contributed by atoms with Crippen LogP contribution in [0, 0.1) is 11.6 Å². The molecule has 0 heterocycles. The number of sulfonamides is 1. The number of carbonyl (C=O) groups is 1. The molecular weight excluding hydrogens is 326 g/mol. The molecule has 1 saturated carbocycles. The van der Waals surface area contributed by atoms with Crippen LogP contribution < -0.4 is 9.62 Å². The Labute approximate surface area is 134 Å². The average Bonchev–Trinajstić information content (AvgIpc) is 2.94. The van der Waals surface area contributed by atoms with E-state index in [0.717, 1.165) is 48.4 Å². The van der Waals surface area contributed by atoms with E-state index in [1.165, 1.54) is 6.07 Å². The monoisotopic (exact) mass is 346 g/mol. The molecule has 0 atom stereocenters. The highest BCUT2D eigenvalue weighted by Crippen LogP contribution is 2.21. The van der Waals surface area contributed by atoms with Crippen LogP contribution in [0.1, 0.15) is 32.1 Å². The van der Waals surface area contributed by atoms with Gasteiger partial charge in [-0.2, -0.15) is 0 Å². The van der Waals surface area contributed by atoms with Crippen molar-refractivity contribution in [3.8, 4) is 0 Å². The first-order chi connectivity index (χ1) is 10.8. The Morgan fingerprint density at radius 2 is 1.91 bits per heavy atom. The molecule has 1 fully saturated rings. The van der Waals surface area contributed by atoms with Crippen LogP contribution in [-0.4, -0.2) is 33.2 Å². The van der Waals surface area contributed by atoms with Gasteiger partial charge in [0.15, 0.2) is 11.6 Å². The fourth-order valence-electron chi connectivity index (χ4n) is 2.70. The van der Waals surface area contributed by atoms with Crippen LogP contribution in [0.5, 0.6) is 0 Å². The van der Waals surface area contributed by atoms with Crippen molar-refractivity contribution in [3.63, 3.8) is 0 Å². The summed E-state index contributed by atoms with van der Waals surface area (Å²) in [7, 11) is -3.71. The van der Waals surface area contributed by atoms with Gasteiger partial charge in [-0.3, -0.25) is 9.10 Å². The lowest BCUT2D eigenvalue weighted by Gasteiger charge is -2.22. The largest absolute Gasteiger partial charge is 0.353 e. The minimum absolute atomic E-state index is 0.0000615. The molecule has 128 valence electrons. The Hall–Kier alpha value is -1.70. The van der Waals surface area contributed by atoms with E-state index in [0.29, 0.717) is 0 Å². The quantitative estimate of drug-likeness (QED) is 0.858. The Balaban J connectivity index is 2.04. The SMILES string of the molecule is CS(=O)(=O)N(CCC(=O)NC1CCCC1)c1ccc(F)c(F)c1. The molecule has 8 heteroatoms. The third-order valence-electron chi connectivity index (χ3n) is 3.85. The predicted octanol–water partition coefficient (Wildman–Crippen LogP) is 2.18. The lowest BCUT2D eigenvalue weighted by Crippen LogP contribution is -2.37. The number of nitrogens with zero attached hydrogens (tertiary/aromatic N) is 1. The Kier molecular flexibility index (Phi) is 5.56. The summed E-state index contributed by atoms with van der Waals surface area (Å²) < 4.78 is 50.9. The summed E-state index contributed by atoms with van der Waals surface area (Å²) in [6.07, 6.45) is 4.95. The van der Waals surface area contributed by atoms with Crippen molar-refractivity contribution >= 4 is 21.6 Å². The summed E-state index contributed by atoms with van der Waals surface area (Å²) in [5.41, 5.74) is 0.0000615. The highest BCUT2D eigenvalue weighted by Gasteiger charge is 2.22. The minimum atomic E-state index is -3.71. The average molecular weight is 346 g/mol. The topological polar surface area (TPSA) is 66.5 Å². The number of halogens is 2. The van der Waals surface area contributed by atoms with E-state index in [2.05, 4.69) is 5.32 Å². The molecule has 2 rings (SSSR count). The van der Waals surface area contributed by atoms with Crippen molar-refractivity contribution in [2.24, 2.45) is 0 Å². The van der Waals surface area contributed by atoms with Gasteiger partial charge in [-0.25, -0.2) is 17.2 Å². The standard InChI is InChI=1S/C15H20F2N2O3S/c1-23(21,22)19(12-6-7-13(16)14(17)10-12)9-8-15(20)18-11-4-2-3-5-11/h6-7,10-11H,2-5,8-9H2,1H3,(H,18,20). The van der Waals surface area contributed by atoms with Crippen LogP contribution in [0.15, 0.2) is 18.2 Å². The number of nitrogens with one attached hydrogen (secondary N) is 1. The van der Waals surface area contributed by atoms with Gasteiger partial charge in [0.2, 0.25) is 15.9 Å². The number of rotatable bonds is 6. The lowest BCUT2D eigenvalue weighted by atomic mass is 10.2. The summed E-state index contributed by atoms with van der Waals surface area (Å²) in [4.78, 5) is 11.9. The van der Waals surface area contributed by atoms with Crippen molar-refractivity contribution in [1.29, 1.82) is 0 Å². The second kappa shape index (κ2) is 7.25. The molecule has 5 nitrogen and oxygen atoms in total. The van der Waals surface area contributed by atoms with E-state index in [-0.39, 0.29) is 30.6 Å². The van der Waals surface area contributed by atoms with Gasteiger partial charge in [-0.1, -0.05) is 12.8 Å². The van der Waals surface area contributed by atoms with Crippen LogP contribution in [0.4, 0.5) is 14.5 Å². The molecule has 0 bridgehead atoms. The number of hydrogen-bond acceptors (Lipinski definition) is 3. The molecule has 1 N–H and O–H groups in total. The van der Waals surface area contributed by atoms with Crippen molar-refractivity contribution in [2.75, 3.05) is 17.1 Å². The van der Waals surface area contributed by atoms with Gasteiger partial charge in [0.05, 0.1) is 11.9 Å². The first-order valence-corrected chi connectivity index (χ1v) is 9.34. The smallest absolute Gasteiger partial charge is 0.232 e. The van der Waals surface area contributed by atoms with Crippen LogP contribution in [0.2, 0.25) is 0 Å². The van der Waals surface area contributed by atoms with E-state index in [1.807, 2.05) is 0 Å². The normalized spacial score (nSPS) is 15.6. The molecule has 0 aliphatic heterocycles. The molecule has 1 amide bonds. The fourth-order valence-corrected chi connectivity index (χ4v) is 3.62. The molecule has 0 unspecified atom stereocenters. The summed E-state index contributed by atoms with van der Waals surface area (Å²) in [6, 6.07) is 3.00. The van der Waals surface area contributed by atoms with Crippen molar-refractivity contribution in [3.05, 3.63) is 29.8 Å². The van der Waals surface area contributed by atoms with Crippen LogP contribution >= 0.6 is 0 Å². The Morgan fingerprint density at radius 3 is 2.48 bits per heavy atom. The first kappa shape index (κ1) is 17.7. The van der Waals surface area contributed by atoms with Gasteiger partial charge in [0, 0.05) is 25.1 Å². The highest BCUT2D eigenvalue weighted by atomic mass is 32.2. The number of hydrogen-bond donors (Lipinski definition) is 1. The van der Waals surface area contributed by atoms with Crippen LogP contribution in [0.25, 0.3) is 0 Å². The Morgan fingerprint density at radius 1 is 1.26 bits per heavy atom. The molecule has 1 aliphatic carbocycles. The molecule has 23 heavy (non-hydrogen) atoms. The van der Waals surface area contributed by atoms with Gasteiger partial charge < -0.3 is 5.32 Å². The van der Waals surface area contributed by atoms with Gasteiger partial charge in [-0.05, 0) is 25.0 Å². The number of carbonyl (C=O) groups excluding carboxylic acids is 1. The van der Waals surface area contributed by atoms with E-state index in [4.69, 9.17) is 0 Å². The van der Waals surface area contributed by atoms with E-state index >= 15 is 0 Å². The van der Waals surface area contributed by atoms with Gasteiger partial charge in [-0.15, -0.1) is 0 Å².